The zero-order valence-electron chi connectivity index (χ0n) is 10.4. The molecule has 3 N–H and O–H groups in total. The summed E-state index contributed by atoms with van der Waals surface area (Å²) in [6.45, 7) is 0.0466. The predicted octanol–water partition coefficient (Wildman–Crippen LogP) is 3.76. The van der Waals surface area contributed by atoms with E-state index in [1.807, 2.05) is 0 Å². The van der Waals surface area contributed by atoms with Gasteiger partial charge in [0, 0.05) is 11.1 Å². The maximum Gasteiger partial charge on any atom is 0.131 e. The van der Waals surface area contributed by atoms with Crippen LogP contribution in [0.15, 0.2) is 42.5 Å². The molecule has 2 aromatic rings. The topological polar surface area (TPSA) is 59.1 Å². The van der Waals surface area contributed by atoms with E-state index in [1.165, 1.54) is 6.07 Å². The van der Waals surface area contributed by atoms with Crippen molar-refractivity contribution in [1.82, 2.24) is 0 Å². The van der Waals surface area contributed by atoms with Crippen LogP contribution in [0.5, 0.6) is 5.75 Å². The van der Waals surface area contributed by atoms with Crippen LogP contribution >= 0.6 is 24.0 Å². The van der Waals surface area contributed by atoms with Crippen LogP contribution in [0.1, 0.15) is 11.1 Å². The van der Waals surface area contributed by atoms with E-state index >= 15 is 0 Å². The summed E-state index contributed by atoms with van der Waals surface area (Å²) < 4.78 is 19.0. The molecule has 0 aliphatic rings. The van der Waals surface area contributed by atoms with Gasteiger partial charge in [-0.15, -0.1) is 12.4 Å². The van der Waals surface area contributed by atoms with Gasteiger partial charge in [-0.2, -0.15) is 0 Å². The minimum absolute atomic E-state index is 0. The van der Waals surface area contributed by atoms with Crippen molar-refractivity contribution in [1.29, 1.82) is 5.41 Å². The van der Waals surface area contributed by atoms with E-state index in [0.29, 0.717) is 21.9 Å². The van der Waals surface area contributed by atoms with Crippen molar-refractivity contribution in [3.8, 4) is 5.75 Å². The van der Waals surface area contributed by atoms with E-state index < -0.39 is 5.82 Å². The van der Waals surface area contributed by atoms with Gasteiger partial charge in [-0.3, -0.25) is 5.41 Å². The Kier molecular flexibility index (Phi) is 5.80. The second kappa shape index (κ2) is 7.12. The summed E-state index contributed by atoms with van der Waals surface area (Å²) in [5.41, 5.74) is 6.27. The molecule has 0 saturated carbocycles. The Labute approximate surface area is 127 Å². The predicted molar refractivity (Wildman–Crippen MR) is 80.4 cm³/mol. The third-order valence-electron chi connectivity index (χ3n) is 2.61. The molecule has 106 valence electrons. The largest absolute Gasteiger partial charge is 0.489 e. The lowest BCUT2D eigenvalue weighted by Crippen LogP contribution is -2.10. The standard InChI is InChI=1S/C14H12ClFN2O.ClH/c15-12-2-1-3-13(16)11(12)8-19-10-6-4-9(5-7-10)14(17)18;/h1-7H,8H2,(H3,17,18);1H. The molecule has 0 aliphatic carbocycles. The van der Waals surface area contributed by atoms with Gasteiger partial charge in [0.25, 0.3) is 0 Å². The lowest BCUT2D eigenvalue weighted by Gasteiger charge is -2.09. The number of amidine groups is 1. The first kappa shape index (κ1) is 16.3. The number of hydrogen-bond acceptors (Lipinski definition) is 2. The van der Waals surface area contributed by atoms with Crippen molar-refractivity contribution in [3.05, 3.63) is 64.4 Å². The number of halogens is 3. The molecule has 0 unspecified atom stereocenters. The van der Waals surface area contributed by atoms with Gasteiger partial charge in [-0.25, -0.2) is 4.39 Å². The zero-order valence-corrected chi connectivity index (χ0v) is 12.0. The van der Waals surface area contributed by atoms with Crippen LogP contribution in [0.2, 0.25) is 5.02 Å². The van der Waals surface area contributed by atoms with Crippen LogP contribution in [0.4, 0.5) is 4.39 Å². The fourth-order valence-electron chi connectivity index (χ4n) is 1.56. The highest BCUT2D eigenvalue weighted by molar-refractivity contribution is 6.31. The molecule has 6 heteroatoms. The molecule has 2 rings (SSSR count). The lowest BCUT2D eigenvalue weighted by molar-refractivity contribution is 0.300. The lowest BCUT2D eigenvalue weighted by atomic mass is 10.2. The first-order valence-corrected chi connectivity index (χ1v) is 5.96. The third-order valence-corrected chi connectivity index (χ3v) is 2.96. The number of hydrogen-bond donors (Lipinski definition) is 2. The molecule has 3 nitrogen and oxygen atoms in total. The fourth-order valence-corrected chi connectivity index (χ4v) is 1.77. The van der Waals surface area contributed by atoms with Crippen molar-refractivity contribution in [2.45, 2.75) is 6.61 Å². The van der Waals surface area contributed by atoms with Crippen LogP contribution in [0.25, 0.3) is 0 Å². The highest BCUT2D eigenvalue weighted by Crippen LogP contribution is 2.21. The number of nitrogens with one attached hydrogen (secondary N) is 1. The fraction of sp³-hybridized carbons (Fsp3) is 0.0714. The molecule has 0 radical (unpaired) electrons. The number of rotatable bonds is 4. The van der Waals surface area contributed by atoms with E-state index in [-0.39, 0.29) is 24.8 Å². The first-order chi connectivity index (χ1) is 9.08. The quantitative estimate of drug-likeness (QED) is 0.666. The molecule has 0 fully saturated rings. The van der Waals surface area contributed by atoms with Gasteiger partial charge in [-0.05, 0) is 36.4 Å². The van der Waals surface area contributed by atoms with Gasteiger partial charge in [0.1, 0.15) is 24.0 Å². The molecule has 20 heavy (non-hydrogen) atoms. The number of benzene rings is 2. The van der Waals surface area contributed by atoms with Gasteiger partial charge in [0.05, 0.1) is 5.02 Å². The Hall–Kier alpha value is -1.78. The van der Waals surface area contributed by atoms with E-state index in [4.69, 9.17) is 27.5 Å². The second-order valence-electron chi connectivity index (χ2n) is 3.93. The Balaban J connectivity index is 0.00000200. The molecule has 0 spiro atoms. The molecule has 0 saturated heterocycles. The summed E-state index contributed by atoms with van der Waals surface area (Å²) in [5.74, 6) is 0.154. The zero-order chi connectivity index (χ0) is 13.8. The highest BCUT2D eigenvalue weighted by atomic mass is 35.5. The molecule has 0 atom stereocenters. The van der Waals surface area contributed by atoms with E-state index in [1.54, 1.807) is 36.4 Å². The monoisotopic (exact) mass is 314 g/mol. The molecule has 0 amide bonds. The Morgan fingerprint density at radius 3 is 2.40 bits per heavy atom. The summed E-state index contributed by atoms with van der Waals surface area (Å²) in [7, 11) is 0. The average molecular weight is 315 g/mol. The summed E-state index contributed by atoms with van der Waals surface area (Å²) in [5, 5.41) is 7.60. The van der Waals surface area contributed by atoms with Gasteiger partial charge in [-0.1, -0.05) is 17.7 Å². The molecular formula is C14H13Cl2FN2O. The van der Waals surface area contributed by atoms with Crippen molar-refractivity contribution in [2.24, 2.45) is 5.73 Å². The Morgan fingerprint density at radius 1 is 1.20 bits per heavy atom. The summed E-state index contributed by atoms with van der Waals surface area (Å²) in [6.07, 6.45) is 0. The first-order valence-electron chi connectivity index (χ1n) is 5.58. The van der Waals surface area contributed by atoms with Crippen molar-refractivity contribution < 1.29 is 9.13 Å². The summed E-state index contributed by atoms with van der Waals surface area (Å²) in [6, 6.07) is 11.2. The van der Waals surface area contributed by atoms with Crippen molar-refractivity contribution in [3.63, 3.8) is 0 Å². The van der Waals surface area contributed by atoms with Crippen molar-refractivity contribution >= 4 is 29.8 Å². The molecule has 0 bridgehead atoms. The summed E-state index contributed by atoms with van der Waals surface area (Å²) in [4.78, 5) is 0. The minimum Gasteiger partial charge on any atom is -0.489 e. The van der Waals surface area contributed by atoms with E-state index in [0.717, 1.165) is 0 Å². The molecule has 2 aromatic carbocycles. The van der Waals surface area contributed by atoms with Gasteiger partial charge < -0.3 is 10.5 Å². The van der Waals surface area contributed by atoms with Crippen LogP contribution in [0, 0.1) is 11.2 Å². The van der Waals surface area contributed by atoms with Gasteiger partial charge in [0.2, 0.25) is 0 Å². The summed E-state index contributed by atoms with van der Waals surface area (Å²) >= 11 is 5.90. The normalized spacial score (nSPS) is 9.70. The second-order valence-corrected chi connectivity index (χ2v) is 4.33. The Morgan fingerprint density at radius 2 is 1.85 bits per heavy atom. The van der Waals surface area contributed by atoms with E-state index in [2.05, 4.69) is 0 Å². The molecule has 0 aromatic heterocycles. The molecule has 0 aliphatic heterocycles. The molecular weight excluding hydrogens is 302 g/mol. The third kappa shape index (κ3) is 3.85. The highest BCUT2D eigenvalue weighted by Gasteiger charge is 2.07. The average Bonchev–Trinajstić information content (AvgIpc) is 2.38. The number of ether oxygens (including phenoxy) is 1. The van der Waals surface area contributed by atoms with Gasteiger partial charge >= 0.3 is 0 Å². The van der Waals surface area contributed by atoms with Crippen LogP contribution < -0.4 is 10.5 Å². The maximum absolute atomic E-state index is 13.5. The minimum atomic E-state index is -0.396. The van der Waals surface area contributed by atoms with Crippen LogP contribution in [0.3, 0.4) is 0 Å². The smallest absolute Gasteiger partial charge is 0.131 e. The van der Waals surface area contributed by atoms with Crippen LogP contribution in [-0.4, -0.2) is 5.84 Å². The van der Waals surface area contributed by atoms with Gasteiger partial charge in [0.15, 0.2) is 0 Å². The van der Waals surface area contributed by atoms with E-state index in [9.17, 15) is 4.39 Å². The van der Waals surface area contributed by atoms with Crippen LogP contribution in [-0.2, 0) is 6.61 Å². The number of nitrogens with two attached hydrogens (primary N) is 1. The maximum atomic E-state index is 13.5. The molecule has 0 heterocycles. The number of nitrogen functional groups attached to an aromatic ring is 1. The SMILES string of the molecule is Cl.N=C(N)c1ccc(OCc2c(F)cccc2Cl)cc1. The van der Waals surface area contributed by atoms with Crippen molar-refractivity contribution in [2.75, 3.05) is 0 Å². The Bertz CT molecular complexity index is 582.